The number of hydrogen-bond acceptors (Lipinski definition) is 10. The van der Waals surface area contributed by atoms with Crippen LogP contribution in [0.3, 0.4) is 0 Å². The molecule has 0 aromatic heterocycles. The monoisotopic (exact) mass is 410 g/mol. The highest BCUT2D eigenvalue weighted by atomic mass is 16.8. The Morgan fingerprint density at radius 2 is 1.50 bits per heavy atom. The summed E-state index contributed by atoms with van der Waals surface area (Å²) >= 11 is 0. The number of ether oxygens (including phenoxy) is 4. The van der Waals surface area contributed by atoms with Gasteiger partial charge in [-0.2, -0.15) is 0 Å². The van der Waals surface area contributed by atoms with E-state index in [0.717, 1.165) is 25.7 Å². The summed E-state index contributed by atoms with van der Waals surface area (Å²) in [4.78, 5) is 0. The Hall–Kier alpha value is -0.400. The van der Waals surface area contributed by atoms with E-state index in [1.807, 2.05) is 0 Å². The van der Waals surface area contributed by atoms with E-state index in [2.05, 4.69) is 6.92 Å². The van der Waals surface area contributed by atoms with Crippen molar-refractivity contribution in [1.29, 1.82) is 0 Å². The lowest BCUT2D eigenvalue weighted by molar-refractivity contribution is -0.364. The quantitative estimate of drug-likeness (QED) is 0.240. The summed E-state index contributed by atoms with van der Waals surface area (Å²) in [5.74, 6) is 0. The van der Waals surface area contributed by atoms with Gasteiger partial charge in [0.1, 0.15) is 42.7 Å². The van der Waals surface area contributed by atoms with Gasteiger partial charge in [0.25, 0.3) is 0 Å². The maximum atomic E-state index is 10.5. The molecule has 2 fully saturated rings. The standard InChI is InChI=1S/C18H34O10/c1-3-4-5-6-7-25-18-16(14(23)12(21)10(8-19)27-18)28-17-15(24)13(22)11(20)9(2)26-17/h9-24H,3-8H2,1-2H3/t9-,10+,11+,12-,13+,14-,15-,16+,17-,18+/m0/s1. The molecular weight excluding hydrogens is 376 g/mol. The van der Waals surface area contributed by atoms with Crippen molar-refractivity contribution in [2.24, 2.45) is 0 Å². The van der Waals surface area contributed by atoms with Crippen molar-refractivity contribution in [3.05, 3.63) is 0 Å². The molecular formula is C18H34O10. The fraction of sp³-hybridized carbons (Fsp3) is 1.00. The zero-order chi connectivity index (χ0) is 20.8. The van der Waals surface area contributed by atoms with Gasteiger partial charge in [0.15, 0.2) is 12.6 Å². The first-order chi connectivity index (χ1) is 13.3. The summed E-state index contributed by atoms with van der Waals surface area (Å²) < 4.78 is 22.2. The van der Waals surface area contributed by atoms with Gasteiger partial charge in [-0.05, 0) is 13.3 Å². The molecule has 0 aromatic carbocycles. The minimum Gasteiger partial charge on any atom is -0.394 e. The molecule has 10 heteroatoms. The minimum atomic E-state index is -1.57. The van der Waals surface area contributed by atoms with Crippen molar-refractivity contribution in [2.45, 2.75) is 101 Å². The summed E-state index contributed by atoms with van der Waals surface area (Å²) in [6.07, 6.45) is -9.08. The van der Waals surface area contributed by atoms with Crippen LogP contribution in [0, 0.1) is 0 Å². The Morgan fingerprint density at radius 3 is 2.14 bits per heavy atom. The molecule has 0 radical (unpaired) electrons. The first-order valence-electron chi connectivity index (χ1n) is 9.91. The Bertz CT molecular complexity index is 452. The maximum Gasteiger partial charge on any atom is 0.187 e. The molecule has 0 aromatic rings. The van der Waals surface area contributed by atoms with E-state index in [1.54, 1.807) is 0 Å². The average Bonchev–Trinajstić information content (AvgIpc) is 2.68. The largest absolute Gasteiger partial charge is 0.394 e. The second-order valence-electron chi connectivity index (χ2n) is 7.42. The smallest absolute Gasteiger partial charge is 0.187 e. The number of rotatable bonds is 9. The van der Waals surface area contributed by atoms with E-state index in [-0.39, 0.29) is 0 Å². The number of unbranched alkanes of at least 4 members (excludes halogenated alkanes) is 3. The van der Waals surface area contributed by atoms with Crippen LogP contribution < -0.4 is 0 Å². The molecule has 2 saturated heterocycles. The summed E-state index contributed by atoms with van der Waals surface area (Å²) in [5.41, 5.74) is 0. The molecule has 6 N–H and O–H groups in total. The van der Waals surface area contributed by atoms with Crippen molar-refractivity contribution < 1.29 is 49.6 Å². The molecule has 2 aliphatic heterocycles. The van der Waals surface area contributed by atoms with E-state index in [0.29, 0.717) is 6.61 Å². The van der Waals surface area contributed by atoms with Crippen LogP contribution >= 0.6 is 0 Å². The fourth-order valence-corrected chi connectivity index (χ4v) is 3.34. The van der Waals surface area contributed by atoms with Crippen molar-refractivity contribution in [2.75, 3.05) is 13.2 Å². The molecule has 0 unspecified atom stereocenters. The Labute approximate surface area is 164 Å². The molecule has 166 valence electrons. The zero-order valence-corrected chi connectivity index (χ0v) is 16.3. The van der Waals surface area contributed by atoms with Gasteiger partial charge in [0.05, 0.1) is 12.7 Å². The number of aliphatic hydroxyl groups is 6. The molecule has 0 aliphatic carbocycles. The maximum absolute atomic E-state index is 10.5. The summed E-state index contributed by atoms with van der Waals surface area (Å²) in [5, 5.41) is 59.8. The molecule has 0 saturated carbocycles. The fourth-order valence-electron chi connectivity index (χ4n) is 3.34. The van der Waals surface area contributed by atoms with Gasteiger partial charge in [0, 0.05) is 6.61 Å². The highest BCUT2D eigenvalue weighted by Crippen LogP contribution is 2.29. The number of aliphatic hydroxyl groups excluding tert-OH is 6. The molecule has 0 bridgehead atoms. The van der Waals surface area contributed by atoms with Crippen LogP contribution in [0.5, 0.6) is 0 Å². The first-order valence-corrected chi connectivity index (χ1v) is 9.91. The normalized spacial score (nSPS) is 44.6. The first kappa shape index (κ1) is 23.9. The predicted octanol–water partition coefficient (Wildman–Crippen LogP) is -1.76. The van der Waals surface area contributed by atoms with Crippen LogP contribution in [0.2, 0.25) is 0 Å². The average molecular weight is 410 g/mol. The molecule has 28 heavy (non-hydrogen) atoms. The number of hydrogen-bond donors (Lipinski definition) is 6. The van der Waals surface area contributed by atoms with Crippen LogP contribution in [-0.2, 0) is 18.9 Å². The second-order valence-corrected chi connectivity index (χ2v) is 7.42. The van der Waals surface area contributed by atoms with Crippen molar-refractivity contribution in [3.8, 4) is 0 Å². The summed E-state index contributed by atoms with van der Waals surface area (Å²) in [7, 11) is 0. The second kappa shape index (κ2) is 11.1. The van der Waals surface area contributed by atoms with Crippen LogP contribution in [0.4, 0.5) is 0 Å². The van der Waals surface area contributed by atoms with E-state index in [4.69, 9.17) is 18.9 Å². The van der Waals surface area contributed by atoms with Crippen LogP contribution in [0.25, 0.3) is 0 Å². The predicted molar refractivity (Wildman–Crippen MR) is 95.1 cm³/mol. The topological polar surface area (TPSA) is 158 Å². The lowest BCUT2D eigenvalue weighted by Crippen LogP contribution is -2.64. The van der Waals surface area contributed by atoms with Crippen molar-refractivity contribution >= 4 is 0 Å². The third-order valence-electron chi connectivity index (χ3n) is 5.20. The van der Waals surface area contributed by atoms with Gasteiger partial charge in [0.2, 0.25) is 0 Å². The van der Waals surface area contributed by atoms with E-state index in [9.17, 15) is 30.6 Å². The third kappa shape index (κ3) is 5.60. The van der Waals surface area contributed by atoms with Gasteiger partial charge < -0.3 is 49.6 Å². The molecule has 0 amide bonds. The van der Waals surface area contributed by atoms with Gasteiger partial charge >= 0.3 is 0 Å². The van der Waals surface area contributed by atoms with E-state index < -0.39 is 68.0 Å². The highest BCUT2D eigenvalue weighted by Gasteiger charge is 2.50. The Balaban J connectivity index is 2.05. The van der Waals surface area contributed by atoms with Crippen molar-refractivity contribution in [1.82, 2.24) is 0 Å². The molecule has 2 heterocycles. The summed E-state index contributed by atoms with van der Waals surface area (Å²) in [6, 6.07) is 0. The Kier molecular flexibility index (Phi) is 9.48. The van der Waals surface area contributed by atoms with Gasteiger partial charge in [-0.3, -0.25) is 0 Å². The van der Waals surface area contributed by atoms with Crippen LogP contribution in [-0.4, -0.2) is 105 Å². The van der Waals surface area contributed by atoms with Gasteiger partial charge in [-0.15, -0.1) is 0 Å². The SMILES string of the molecule is CCCCCCO[C@@H]1O[C@H](CO)[C@H](O)[C@H](O)[C@H]1O[C@@H]1O[C@@H](C)[C@@H](O)[C@@H](O)[C@@H]1O. The molecule has 0 spiro atoms. The molecule has 2 rings (SSSR count). The van der Waals surface area contributed by atoms with Crippen molar-refractivity contribution in [3.63, 3.8) is 0 Å². The van der Waals surface area contributed by atoms with Gasteiger partial charge in [-0.25, -0.2) is 0 Å². The minimum absolute atomic E-state index is 0.317. The lowest BCUT2D eigenvalue weighted by atomic mass is 9.97. The molecule has 10 atom stereocenters. The zero-order valence-electron chi connectivity index (χ0n) is 16.3. The van der Waals surface area contributed by atoms with Gasteiger partial charge in [-0.1, -0.05) is 26.2 Å². The van der Waals surface area contributed by atoms with E-state index >= 15 is 0 Å². The highest BCUT2D eigenvalue weighted by molar-refractivity contribution is 4.93. The molecule has 2 aliphatic rings. The Morgan fingerprint density at radius 1 is 0.786 bits per heavy atom. The van der Waals surface area contributed by atoms with Crippen LogP contribution in [0.15, 0.2) is 0 Å². The lowest BCUT2D eigenvalue weighted by Gasteiger charge is -2.45. The molecule has 10 nitrogen and oxygen atoms in total. The summed E-state index contributed by atoms with van der Waals surface area (Å²) in [6.45, 7) is 3.38. The third-order valence-corrected chi connectivity index (χ3v) is 5.20. The van der Waals surface area contributed by atoms with E-state index in [1.165, 1.54) is 6.92 Å². The van der Waals surface area contributed by atoms with Crippen LogP contribution in [0.1, 0.15) is 39.5 Å².